The third-order valence-corrected chi connectivity index (χ3v) is 6.40. The van der Waals surface area contributed by atoms with Crippen molar-refractivity contribution in [1.29, 1.82) is 0 Å². The van der Waals surface area contributed by atoms with E-state index in [9.17, 15) is 9.59 Å². The van der Waals surface area contributed by atoms with E-state index in [0.29, 0.717) is 17.0 Å². The Morgan fingerprint density at radius 2 is 1.77 bits per heavy atom. The molecule has 1 aliphatic rings. The molecule has 1 aromatic carbocycles. The number of nitrogens with one attached hydrogen (secondary N) is 1. The van der Waals surface area contributed by atoms with E-state index in [0.717, 1.165) is 55.4 Å². The number of benzene rings is 1. The third kappa shape index (κ3) is 5.54. The second-order valence-electron chi connectivity index (χ2n) is 8.28. The number of nitrogens with zero attached hydrogens (tertiary/aromatic N) is 1. The molecule has 0 saturated carbocycles. The lowest BCUT2D eigenvalue weighted by molar-refractivity contribution is -0.940. The summed E-state index contributed by atoms with van der Waals surface area (Å²) < 4.78 is 11.4. The van der Waals surface area contributed by atoms with Crippen molar-refractivity contribution in [3.63, 3.8) is 0 Å². The topological polar surface area (TPSA) is 64.6 Å². The van der Waals surface area contributed by atoms with Crippen LogP contribution in [0.5, 0.6) is 5.75 Å². The largest absolute Gasteiger partial charge is 0.497 e. The summed E-state index contributed by atoms with van der Waals surface area (Å²) in [4.78, 5) is 26.2. The van der Waals surface area contributed by atoms with Crippen LogP contribution in [0.3, 0.4) is 0 Å². The van der Waals surface area contributed by atoms with Crippen molar-refractivity contribution in [3.05, 3.63) is 23.3 Å². The van der Waals surface area contributed by atoms with E-state index in [-0.39, 0.29) is 18.6 Å². The highest BCUT2D eigenvalue weighted by atomic mass is 16.5. The summed E-state index contributed by atoms with van der Waals surface area (Å²) in [5.74, 6) is 0.124. The normalized spacial score (nSPS) is 17.0. The molecule has 1 N–H and O–H groups in total. The Morgan fingerprint density at radius 3 is 2.30 bits per heavy atom. The molecule has 6 heteroatoms. The van der Waals surface area contributed by atoms with Gasteiger partial charge >= 0.3 is 5.97 Å². The van der Waals surface area contributed by atoms with Crippen molar-refractivity contribution in [1.82, 2.24) is 0 Å². The van der Waals surface area contributed by atoms with E-state index in [1.54, 1.807) is 20.1 Å². The van der Waals surface area contributed by atoms with Crippen LogP contribution in [-0.4, -0.2) is 55.8 Å². The fourth-order valence-corrected chi connectivity index (χ4v) is 4.71. The van der Waals surface area contributed by atoms with Crippen molar-refractivity contribution in [2.24, 2.45) is 0 Å². The molecule has 1 aliphatic heterocycles. The first-order chi connectivity index (χ1) is 14.4. The molecule has 0 radical (unpaired) electrons. The smallest absolute Gasteiger partial charge is 0.340 e. The predicted molar refractivity (Wildman–Crippen MR) is 120 cm³/mol. The SMILES string of the molecule is CCCC(C(=O)Nc1c(C)cc(OC)cc1C(=O)OCC)[N+]1(CC)CCCCCC1. The predicted octanol–water partition coefficient (Wildman–Crippen LogP) is 4.70. The fraction of sp³-hybridized carbons (Fsp3) is 0.667. The molecule has 0 aliphatic carbocycles. The quantitative estimate of drug-likeness (QED) is 0.465. The van der Waals surface area contributed by atoms with E-state index in [4.69, 9.17) is 9.47 Å². The summed E-state index contributed by atoms with van der Waals surface area (Å²) >= 11 is 0. The summed E-state index contributed by atoms with van der Waals surface area (Å²) in [7, 11) is 1.56. The molecule has 30 heavy (non-hydrogen) atoms. The van der Waals surface area contributed by atoms with Gasteiger partial charge in [0.05, 0.1) is 44.6 Å². The van der Waals surface area contributed by atoms with Gasteiger partial charge in [-0.1, -0.05) is 6.92 Å². The number of hydrogen-bond donors (Lipinski definition) is 1. The Bertz CT molecular complexity index is 724. The minimum Gasteiger partial charge on any atom is -0.497 e. The second kappa shape index (κ2) is 11.3. The molecule has 1 amide bonds. The first-order valence-corrected chi connectivity index (χ1v) is 11.4. The van der Waals surface area contributed by atoms with Crippen LogP contribution in [0, 0.1) is 6.92 Å². The average molecular weight is 420 g/mol. The highest BCUT2D eigenvalue weighted by Crippen LogP contribution is 2.30. The molecule has 168 valence electrons. The summed E-state index contributed by atoms with van der Waals surface area (Å²) in [5, 5.41) is 3.12. The second-order valence-corrected chi connectivity index (χ2v) is 8.28. The van der Waals surface area contributed by atoms with E-state index < -0.39 is 5.97 Å². The molecule has 1 atom stereocenters. The lowest BCUT2D eigenvalue weighted by atomic mass is 10.0. The molecule has 0 aromatic heterocycles. The van der Waals surface area contributed by atoms with Gasteiger partial charge in [-0.3, -0.25) is 4.79 Å². The zero-order valence-electron chi connectivity index (χ0n) is 19.4. The number of amides is 1. The molecule has 1 heterocycles. The van der Waals surface area contributed by atoms with Gasteiger partial charge in [0.1, 0.15) is 5.75 Å². The molecular formula is C24H39N2O4+. The molecule has 6 nitrogen and oxygen atoms in total. The van der Waals surface area contributed by atoms with Crippen LogP contribution >= 0.6 is 0 Å². The Labute approximate surface area is 181 Å². The number of methoxy groups -OCH3 is 1. The number of aryl methyl sites for hydroxylation is 1. The number of esters is 1. The summed E-state index contributed by atoms with van der Waals surface area (Å²) in [5.41, 5.74) is 1.67. The van der Waals surface area contributed by atoms with Gasteiger partial charge in [0.15, 0.2) is 6.04 Å². The number of likely N-dealkylation sites (tertiary alicyclic amines) is 1. The van der Waals surface area contributed by atoms with E-state index in [1.165, 1.54) is 12.8 Å². The zero-order chi connectivity index (χ0) is 22.1. The van der Waals surface area contributed by atoms with Gasteiger partial charge in [0, 0.05) is 6.42 Å². The Balaban J connectivity index is 2.40. The first kappa shape index (κ1) is 24.2. The van der Waals surface area contributed by atoms with Crippen molar-refractivity contribution in [3.8, 4) is 5.75 Å². The van der Waals surface area contributed by atoms with Gasteiger partial charge in [-0.2, -0.15) is 0 Å². The van der Waals surface area contributed by atoms with Crippen LogP contribution in [0.2, 0.25) is 0 Å². The molecule has 1 fully saturated rings. The van der Waals surface area contributed by atoms with Gasteiger partial charge in [0.25, 0.3) is 5.91 Å². The molecule has 1 saturated heterocycles. The minimum absolute atomic E-state index is 0.000541. The fourth-order valence-electron chi connectivity index (χ4n) is 4.71. The Morgan fingerprint density at radius 1 is 1.10 bits per heavy atom. The minimum atomic E-state index is -0.448. The summed E-state index contributed by atoms with van der Waals surface area (Å²) in [6.45, 7) is 11.3. The van der Waals surface area contributed by atoms with E-state index in [2.05, 4.69) is 19.2 Å². The Kier molecular flexibility index (Phi) is 9.15. The first-order valence-electron chi connectivity index (χ1n) is 11.4. The lowest BCUT2D eigenvalue weighted by Crippen LogP contribution is -2.60. The average Bonchev–Trinajstić information content (AvgIpc) is 2.99. The molecular weight excluding hydrogens is 380 g/mol. The van der Waals surface area contributed by atoms with Gasteiger partial charge in [-0.05, 0) is 70.6 Å². The molecule has 0 bridgehead atoms. The number of hydrogen-bond acceptors (Lipinski definition) is 4. The van der Waals surface area contributed by atoms with Crippen LogP contribution in [0.1, 0.15) is 75.2 Å². The van der Waals surface area contributed by atoms with Crippen molar-refractivity contribution in [2.75, 3.05) is 38.7 Å². The summed E-state index contributed by atoms with van der Waals surface area (Å²) in [6, 6.07) is 3.36. The number of quaternary nitrogens is 1. The summed E-state index contributed by atoms with van der Waals surface area (Å²) in [6.07, 6.45) is 6.60. The van der Waals surface area contributed by atoms with Crippen molar-refractivity contribution < 1.29 is 23.5 Å². The number of rotatable bonds is 9. The van der Waals surface area contributed by atoms with Crippen molar-refractivity contribution in [2.45, 2.75) is 72.3 Å². The van der Waals surface area contributed by atoms with Crippen LogP contribution in [0.15, 0.2) is 12.1 Å². The lowest BCUT2D eigenvalue weighted by Gasteiger charge is -2.43. The molecule has 1 aromatic rings. The monoisotopic (exact) mass is 419 g/mol. The molecule has 0 spiro atoms. The number of carbonyl (C=O) groups is 2. The van der Waals surface area contributed by atoms with Gasteiger partial charge < -0.3 is 19.3 Å². The maximum absolute atomic E-state index is 13.6. The maximum atomic E-state index is 13.6. The van der Waals surface area contributed by atoms with Gasteiger partial charge in [-0.25, -0.2) is 4.79 Å². The Hall–Kier alpha value is -2.08. The van der Waals surface area contributed by atoms with Crippen molar-refractivity contribution >= 4 is 17.6 Å². The number of likely N-dealkylation sites (N-methyl/N-ethyl adjacent to an activating group) is 1. The van der Waals surface area contributed by atoms with Crippen LogP contribution in [0.25, 0.3) is 0 Å². The number of anilines is 1. The van der Waals surface area contributed by atoms with E-state index in [1.807, 2.05) is 13.0 Å². The van der Waals surface area contributed by atoms with Crippen LogP contribution in [-0.2, 0) is 9.53 Å². The van der Waals surface area contributed by atoms with Crippen LogP contribution < -0.4 is 10.1 Å². The number of carbonyl (C=O) groups excluding carboxylic acids is 2. The maximum Gasteiger partial charge on any atom is 0.340 e. The standard InChI is InChI=1S/C24H38N2O4/c1-6-13-21(26(7-2)14-11-9-10-12-15-26)23(27)25-22-18(4)16-19(29-5)17-20(22)24(28)30-8-3/h16-17,21H,6-15H2,1-5H3/p+1. The molecule has 1 unspecified atom stereocenters. The third-order valence-electron chi connectivity index (χ3n) is 6.40. The van der Waals surface area contributed by atoms with Gasteiger partial charge in [-0.15, -0.1) is 0 Å². The highest BCUT2D eigenvalue weighted by molar-refractivity contribution is 6.03. The van der Waals surface area contributed by atoms with Gasteiger partial charge in [0.2, 0.25) is 0 Å². The zero-order valence-corrected chi connectivity index (χ0v) is 19.4. The highest BCUT2D eigenvalue weighted by Gasteiger charge is 2.40. The van der Waals surface area contributed by atoms with E-state index >= 15 is 0 Å². The van der Waals surface area contributed by atoms with Crippen LogP contribution in [0.4, 0.5) is 5.69 Å². The number of ether oxygens (including phenoxy) is 2. The molecule has 2 rings (SSSR count).